The summed E-state index contributed by atoms with van der Waals surface area (Å²) in [6.07, 6.45) is 5.42. The van der Waals surface area contributed by atoms with E-state index in [1.165, 1.54) is 9.58 Å². The van der Waals surface area contributed by atoms with Crippen LogP contribution in [0.2, 0.25) is 0 Å². The Balaban J connectivity index is 2.20. The second kappa shape index (κ2) is 5.20. The summed E-state index contributed by atoms with van der Waals surface area (Å²) in [7, 11) is 1.68. The van der Waals surface area contributed by atoms with Gasteiger partial charge in [-0.1, -0.05) is 12.8 Å². The SMILES string of the molecule is Cn1nccc1C(=O)N(CC(=O)O)C1CCCC1. The molecule has 1 heterocycles. The van der Waals surface area contributed by atoms with Crippen molar-refractivity contribution in [2.75, 3.05) is 6.54 Å². The van der Waals surface area contributed by atoms with Crippen molar-refractivity contribution < 1.29 is 14.7 Å². The number of rotatable bonds is 4. The lowest BCUT2D eigenvalue weighted by molar-refractivity contribution is -0.138. The molecular formula is C12H17N3O3. The number of carbonyl (C=O) groups is 2. The second-order valence-corrected chi connectivity index (χ2v) is 4.61. The molecule has 1 aromatic rings. The number of amides is 1. The molecule has 0 radical (unpaired) electrons. The fraction of sp³-hybridized carbons (Fsp3) is 0.583. The molecule has 98 valence electrons. The van der Waals surface area contributed by atoms with Gasteiger partial charge in [0.2, 0.25) is 0 Å². The van der Waals surface area contributed by atoms with Gasteiger partial charge in [0.1, 0.15) is 12.2 Å². The van der Waals surface area contributed by atoms with Crippen molar-refractivity contribution in [1.82, 2.24) is 14.7 Å². The Morgan fingerprint density at radius 2 is 2.17 bits per heavy atom. The summed E-state index contributed by atoms with van der Waals surface area (Å²) in [6.45, 7) is -0.241. The van der Waals surface area contributed by atoms with Crippen LogP contribution >= 0.6 is 0 Å². The number of aromatic nitrogens is 2. The molecule has 0 atom stereocenters. The van der Waals surface area contributed by atoms with Crippen molar-refractivity contribution in [3.05, 3.63) is 18.0 Å². The highest BCUT2D eigenvalue weighted by Gasteiger charge is 2.30. The van der Waals surface area contributed by atoms with Crippen molar-refractivity contribution in [3.63, 3.8) is 0 Å². The molecule has 0 spiro atoms. The Bertz CT molecular complexity index is 449. The van der Waals surface area contributed by atoms with Crippen LogP contribution in [0.1, 0.15) is 36.2 Å². The van der Waals surface area contributed by atoms with Crippen molar-refractivity contribution in [2.45, 2.75) is 31.7 Å². The van der Waals surface area contributed by atoms with E-state index < -0.39 is 5.97 Å². The first kappa shape index (κ1) is 12.6. The van der Waals surface area contributed by atoms with Crippen molar-refractivity contribution in [2.24, 2.45) is 7.05 Å². The Morgan fingerprint density at radius 1 is 1.50 bits per heavy atom. The maximum absolute atomic E-state index is 12.4. The number of aryl methyl sites for hydroxylation is 1. The quantitative estimate of drug-likeness (QED) is 0.862. The van der Waals surface area contributed by atoms with Crippen LogP contribution in [-0.2, 0) is 11.8 Å². The molecule has 1 saturated carbocycles. The highest BCUT2D eigenvalue weighted by molar-refractivity contribution is 5.94. The summed E-state index contributed by atoms with van der Waals surface area (Å²) in [4.78, 5) is 24.7. The molecule has 0 aliphatic heterocycles. The van der Waals surface area contributed by atoms with Crippen LogP contribution in [0.25, 0.3) is 0 Å². The third kappa shape index (κ3) is 2.52. The minimum absolute atomic E-state index is 0.0449. The molecule has 6 nitrogen and oxygen atoms in total. The molecule has 1 amide bonds. The zero-order chi connectivity index (χ0) is 13.1. The van der Waals surface area contributed by atoms with Crippen LogP contribution in [0, 0.1) is 0 Å². The molecule has 6 heteroatoms. The number of hydrogen-bond acceptors (Lipinski definition) is 3. The first-order valence-electron chi connectivity index (χ1n) is 6.10. The van der Waals surface area contributed by atoms with Crippen LogP contribution in [0.4, 0.5) is 0 Å². The largest absolute Gasteiger partial charge is 0.480 e. The average molecular weight is 251 g/mol. The molecule has 0 unspecified atom stereocenters. The van der Waals surface area contributed by atoms with Gasteiger partial charge in [-0.3, -0.25) is 14.3 Å². The van der Waals surface area contributed by atoms with E-state index in [0.29, 0.717) is 5.69 Å². The Kier molecular flexibility index (Phi) is 3.64. The van der Waals surface area contributed by atoms with E-state index in [2.05, 4.69) is 5.10 Å². The van der Waals surface area contributed by atoms with Gasteiger partial charge >= 0.3 is 5.97 Å². The minimum Gasteiger partial charge on any atom is -0.480 e. The van der Waals surface area contributed by atoms with Gasteiger partial charge in [0, 0.05) is 19.3 Å². The first-order valence-corrected chi connectivity index (χ1v) is 6.10. The zero-order valence-corrected chi connectivity index (χ0v) is 10.4. The maximum atomic E-state index is 12.4. The lowest BCUT2D eigenvalue weighted by Crippen LogP contribution is -2.43. The van der Waals surface area contributed by atoms with Crippen molar-refractivity contribution in [3.8, 4) is 0 Å². The number of carboxylic acids is 1. The molecule has 1 N–H and O–H groups in total. The van der Waals surface area contributed by atoms with Gasteiger partial charge < -0.3 is 10.0 Å². The van der Waals surface area contributed by atoms with Crippen molar-refractivity contribution in [1.29, 1.82) is 0 Å². The third-order valence-corrected chi connectivity index (χ3v) is 3.37. The number of hydrogen-bond donors (Lipinski definition) is 1. The van der Waals surface area contributed by atoms with Gasteiger partial charge in [0.25, 0.3) is 5.91 Å². The first-order chi connectivity index (χ1) is 8.59. The Morgan fingerprint density at radius 3 is 2.67 bits per heavy atom. The highest BCUT2D eigenvalue weighted by atomic mass is 16.4. The fourth-order valence-electron chi connectivity index (χ4n) is 2.46. The monoisotopic (exact) mass is 251 g/mol. The van der Waals surface area contributed by atoms with Crippen LogP contribution < -0.4 is 0 Å². The summed E-state index contributed by atoms with van der Waals surface area (Å²) < 4.78 is 1.48. The molecule has 1 aliphatic carbocycles. The normalized spacial score (nSPS) is 15.8. The Labute approximate surface area is 105 Å². The van der Waals surface area contributed by atoms with Crippen molar-refractivity contribution >= 4 is 11.9 Å². The van der Waals surface area contributed by atoms with E-state index in [9.17, 15) is 9.59 Å². The predicted octanol–water partition coefficient (Wildman–Crippen LogP) is 0.889. The third-order valence-electron chi connectivity index (χ3n) is 3.37. The molecule has 1 aliphatic rings. The number of carbonyl (C=O) groups excluding carboxylic acids is 1. The van der Waals surface area contributed by atoms with Gasteiger partial charge in [-0.25, -0.2) is 0 Å². The maximum Gasteiger partial charge on any atom is 0.323 e. The fourth-order valence-corrected chi connectivity index (χ4v) is 2.46. The molecule has 2 rings (SSSR count). The summed E-state index contributed by atoms with van der Waals surface area (Å²) in [5.41, 5.74) is 0.433. The van der Waals surface area contributed by atoms with Crippen LogP contribution in [0.3, 0.4) is 0 Å². The predicted molar refractivity (Wildman–Crippen MR) is 64.1 cm³/mol. The molecule has 1 fully saturated rings. The number of carboxylic acid groups (broad SMARTS) is 1. The van der Waals surface area contributed by atoms with E-state index in [0.717, 1.165) is 25.7 Å². The molecular weight excluding hydrogens is 234 g/mol. The van der Waals surface area contributed by atoms with Gasteiger partial charge in [0.05, 0.1) is 0 Å². The van der Waals surface area contributed by atoms with E-state index >= 15 is 0 Å². The van der Waals surface area contributed by atoms with Crippen LogP contribution in [0.5, 0.6) is 0 Å². The van der Waals surface area contributed by atoms with E-state index in [1.807, 2.05) is 0 Å². The molecule has 0 saturated heterocycles. The highest BCUT2D eigenvalue weighted by Crippen LogP contribution is 2.24. The molecule has 0 bridgehead atoms. The van der Waals surface area contributed by atoms with E-state index in [-0.39, 0.29) is 18.5 Å². The van der Waals surface area contributed by atoms with E-state index in [1.54, 1.807) is 19.3 Å². The Hall–Kier alpha value is -1.85. The average Bonchev–Trinajstić information content (AvgIpc) is 2.95. The topological polar surface area (TPSA) is 75.4 Å². The van der Waals surface area contributed by atoms with Gasteiger partial charge in [-0.2, -0.15) is 5.10 Å². The summed E-state index contributed by atoms with van der Waals surface area (Å²) in [5.74, 6) is -1.22. The molecule has 1 aromatic heterocycles. The summed E-state index contributed by atoms with van der Waals surface area (Å²) in [6, 6.07) is 1.66. The molecule has 0 aromatic carbocycles. The van der Waals surface area contributed by atoms with Gasteiger partial charge in [0.15, 0.2) is 0 Å². The second-order valence-electron chi connectivity index (χ2n) is 4.61. The lowest BCUT2D eigenvalue weighted by Gasteiger charge is -2.27. The zero-order valence-electron chi connectivity index (χ0n) is 10.4. The summed E-state index contributed by atoms with van der Waals surface area (Å²) in [5, 5.41) is 12.9. The number of nitrogens with zero attached hydrogens (tertiary/aromatic N) is 3. The lowest BCUT2D eigenvalue weighted by atomic mass is 10.2. The summed E-state index contributed by atoms with van der Waals surface area (Å²) >= 11 is 0. The minimum atomic E-state index is -0.975. The van der Waals surface area contributed by atoms with Gasteiger partial charge in [-0.15, -0.1) is 0 Å². The number of aliphatic carboxylic acids is 1. The standard InChI is InChI=1S/C12H17N3O3/c1-14-10(6-7-13-14)12(18)15(8-11(16)17)9-4-2-3-5-9/h6-7,9H,2-5,8H2,1H3,(H,16,17). The van der Waals surface area contributed by atoms with Gasteiger partial charge in [-0.05, 0) is 18.9 Å². The molecule has 18 heavy (non-hydrogen) atoms. The smallest absolute Gasteiger partial charge is 0.323 e. The van der Waals surface area contributed by atoms with E-state index in [4.69, 9.17) is 5.11 Å². The van der Waals surface area contributed by atoms with Crippen LogP contribution in [0.15, 0.2) is 12.3 Å². The van der Waals surface area contributed by atoms with Crippen LogP contribution in [-0.4, -0.2) is 44.3 Å².